The van der Waals surface area contributed by atoms with E-state index in [1.54, 1.807) is 0 Å². The third kappa shape index (κ3) is 168. The predicted octanol–water partition coefficient (Wildman–Crippen LogP) is -6.85. The summed E-state index contributed by atoms with van der Waals surface area (Å²) < 4.78 is 0. The van der Waals surface area contributed by atoms with Crippen LogP contribution in [0.3, 0.4) is 0 Å². The SMILES string of the molecule is [Al].[Al].[Al].[Al].[Al].[Al].[Al].[Al].[Al].[Al].[Al].[Al].[Al].[Al].[Al].[Al].[Al].[Al]. The largest absolute Gasteiger partial charge is 0 e. The zero-order valence-corrected chi connectivity index (χ0v) is 31.2. The fourth-order valence-corrected chi connectivity index (χ4v) is 0. The van der Waals surface area contributed by atoms with E-state index in [0.29, 0.717) is 0 Å². The Kier molecular flexibility index (Phi) is 2230. The van der Waals surface area contributed by atoms with E-state index in [-0.39, 0.29) is 312 Å². The van der Waals surface area contributed by atoms with Crippen molar-refractivity contribution in [2.75, 3.05) is 0 Å². The van der Waals surface area contributed by atoms with E-state index in [4.69, 9.17) is 0 Å². The van der Waals surface area contributed by atoms with Gasteiger partial charge in [0.15, 0.2) is 0 Å². The highest BCUT2D eigenvalue weighted by Crippen LogP contribution is -0.364. The van der Waals surface area contributed by atoms with Gasteiger partial charge in [0.05, 0.1) is 0 Å². The lowest BCUT2D eigenvalue weighted by molar-refractivity contribution is 5.75. The number of hydrogen-bond donors (Lipinski definition) is 0. The quantitative estimate of drug-likeness (QED) is 0.300. The molecule has 0 saturated carbocycles. The van der Waals surface area contributed by atoms with E-state index in [2.05, 4.69) is 0 Å². The van der Waals surface area contributed by atoms with Crippen molar-refractivity contribution in [1.82, 2.24) is 0 Å². The van der Waals surface area contributed by atoms with Crippen molar-refractivity contribution in [3.8, 4) is 0 Å². The fourth-order valence-electron chi connectivity index (χ4n) is 0. The van der Waals surface area contributed by atoms with Crippen LogP contribution in [0.2, 0.25) is 0 Å². The molecular formula is Al18. The maximum Gasteiger partial charge on any atom is 0 e. The maximum absolute atomic E-state index is 0. The highest BCUT2D eigenvalue weighted by Gasteiger charge is 0.0170. The topological polar surface area (TPSA) is 0 Å². The summed E-state index contributed by atoms with van der Waals surface area (Å²) in [6, 6.07) is 0. The highest BCUT2D eigenvalue weighted by molar-refractivity contribution is 5.77. The van der Waals surface area contributed by atoms with Gasteiger partial charge in [0.2, 0.25) is 0 Å². The van der Waals surface area contributed by atoms with Crippen molar-refractivity contribution in [3.63, 3.8) is 0 Å². The molecule has 0 atom stereocenters. The number of rotatable bonds is 0. The Balaban J connectivity index is 0. The van der Waals surface area contributed by atoms with Gasteiger partial charge in [0, 0.05) is 312 Å². The van der Waals surface area contributed by atoms with Crippen molar-refractivity contribution in [2.24, 2.45) is 0 Å². The van der Waals surface area contributed by atoms with Crippen molar-refractivity contribution < 1.29 is 0 Å². The standard InChI is InChI=1S/18Al. The molecule has 0 aromatic heterocycles. The van der Waals surface area contributed by atoms with Crippen LogP contribution in [0.5, 0.6) is 0 Å². The van der Waals surface area contributed by atoms with Crippen LogP contribution in [0.15, 0.2) is 0 Å². The molecule has 0 unspecified atom stereocenters. The Bertz CT molecular complexity index is 0. The molecule has 0 spiro atoms. The summed E-state index contributed by atoms with van der Waals surface area (Å²) in [5.74, 6) is 0. The number of hydrogen-bond acceptors (Lipinski definition) is 0. The molecular weight excluding hydrogens is 486 g/mol. The fraction of sp³-hybridized carbons (Fsp3) is 0. The Hall–Kier alpha value is 9.58. The van der Waals surface area contributed by atoms with E-state index in [1.165, 1.54) is 0 Å². The van der Waals surface area contributed by atoms with Gasteiger partial charge in [-0.25, -0.2) is 0 Å². The van der Waals surface area contributed by atoms with Crippen LogP contribution in [0, 0.1) is 0 Å². The molecule has 0 bridgehead atoms. The molecule has 0 aromatic rings. The zero-order valence-electron chi connectivity index (χ0n) is 10.4. The van der Waals surface area contributed by atoms with Crippen LogP contribution < -0.4 is 0 Å². The van der Waals surface area contributed by atoms with Gasteiger partial charge in [-0.05, 0) is 0 Å². The first-order valence-corrected chi connectivity index (χ1v) is 0. The first-order valence-electron chi connectivity index (χ1n) is 0. The minimum atomic E-state index is 0. The highest BCUT2D eigenvalue weighted by atomic mass is 27.0. The van der Waals surface area contributed by atoms with Crippen LogP contribution in [-0.2, 0) is 0 Å². The van der Waals surface area contributed by atoms with E-state index in [0.717, 1.165) is 0 Å². The predicted molar refractivity (Wildman–Crippen MR) is 104 cm³/mol. The summed E-state index contributed by atoms with van der Waals surface area (Å²) in [7, 11) is 0. The van der Waals surface area contributed by atoms with Crippen LogP contribution in [0.25, 0.3) is 0 Å². The van der Waals surface area contributed by atoms with Gasteiger partial charge in [-0.1, -0.05) is 0 Å². The molecule has 0 N–H and O–H groups in total. The van der Waals surface area contributed by atoms with Gasteiger partial charge in [-0.2, -0.15) is 0 Å². The molecule has 0 saturated heterocycles. The molecule has 0 amide bonds. The van der Waals surface area contributed by atoms with E-state index < -0.39 is 0 Å². The molecule has 0 nitrogen and oxygen atoms in total. The molecule has 0 aliphatic heterocycles. The van der Waals surface area contributed by atoms with Crippen molar-refractivity contribution in [1.29, 1.82) is 0 Å². The molecule has 0 aromatic carbocycles. The van der Waals surface area contributed by atoms with Crippen LogP contribution in [-0.4, -0.2) is 312 Å². The van der Waals surface area contributed by atoms with Crippen LogP contribution in [0.4, 0.5) is 0 Å². The second kappa shape index (κ2) is 189. The second-order valence-corrected chi connectivity index (χ2v) is 0. The van der Waals surface area contributed by atoms with Gasteiger partial charge >= 0.3 is 0 Å². The summed E-state index contributed by atoms with van der Waals surface area (Å²) in [6.45, 7) is 0. The Morgan fingerprint density at radius 2 is 0.0556 bits per heavy atom. The van der Waals surface area contributed by atoms with Crippen molar-refractivity contribution in [2.45, 2.75) is 0 Å². The Morgan fingerprint density at radius 1 is 0.0556 bits per heavy atom. The summed E-state index contributed by atoms with van der Waals surface area (Å²) in [5, 5.41) is 0. The summed E-state index contributed by atoms with van der Waals surface area (Å²) in [4.78, 5) is 0. The Morgan fingerprint density at radius 3 is 0.0556 bits per heavy atom. The van der Waals surface area contributed by atoms with Crippen molar-refractivity contribution >= 4 is 312 Å². The lowest BCUT2D eigenvalue weighted by Gasteiger charge is -0.00100. The molecule has 0 fully saturated rings. The van der Waals surface area contributed by atoms with E-state index in [9.17, 15) is 0 Å². The van der Waals surface area contributed by atoms with Gasteiger partial charge in [0.25, 0.3) is 0 Å². The monoisotopic (exact) mass is 486 g/mol. The van der Waals surface area contributed by atoms with Crippen LogP contribution in [0.1, 0.15) is 0 Å². The van der Waals surface area contributed by atoms with Gasteiger partial charge in [-0.15, -0.1) is 0 Å². The molecule has 54 valence electrons. The third-order valence-corrected chi connectivity index (χ3v) is 0. The summed E-state index contributed by atoms with van der Waals surface area (Å²) >= 11 is 0. The average molecular weight is 486 g/mol. The Labute approximate surface area is 305 Å². The molecule has 0 heterocycles. The smallest absolute Gasteiger partial charge is 0 e. The van der Waals surface area contributed by atoms with E-state index in [1.807, 2.05) is 0 Å². The average Bonchev–Trinajstić information content (AvgIpc) is 0. The molecule has 0 aliphatic rings. The lowest BCUT2D eigenvalue weighted by atomic mass is 27.0. The lowest BCUT2D eigenvalue weighted by Crippen LogP contribution is -0.382. The first kappa shape index (κ1) is 212. The normalized spacial score (nSPS) is 0. The van der Waals surface area contributed by atoms with Crippen molar-refractivity contribution in [3.05, 3.63) is 0 Å². The third-order valence-electron chi connectivity index (χ3n) is 0. The van der Waals surface area contributed by atoms with Gasteiger partial charge in [0.1, 0.15) is 0 Å². The maximum atomic E-state index is 0. The minimum Gasteiger partial charge on any atom is 0 e. The summed E-state index contributed by atoms with van der Waals surface area (Å²) in [5.41, 5.74) is 0. The van der Waals surface area contributed by atoms with Gasteiger partial charge in [-0.3, -0.25) is 0 Å². The molecule has 18 heavy (non-hydrogen) atoms. The summed E-state index contributed by atoms with van der Waals surface area (Å²) in [6.07, 6.45) is 0. The second-order valence-electron chi connectivity index (χ2n) is 0. The molecule has 18 heteroatoms. The van der Waals surface area contributed by atoms with Gasteiger partial charge < -0.3 is 0 Å². The van der Waals surface area contributed by atoms with E-state index >= 15 is 0 Å². The molecule has 54 radical (unpaired) electrons. The minimum absolute atomic E-state index is 0. The van der Waals surface area contributed by atoms with Crippen LogP contribution >= 0.6 is 0 Å². The zero-order chi connectivity index (χ0) is 0. The molecule has 0 aliphatic carbocycles. The first-order chi connectivity index (χ1) is 0. The molecule has 0 rings (SSSR count).